The van der Waals surface area contributed by atoms with Gasteiger partial charge in [0.25, 0.3) is 0 Å². The van der Waals surface area contributed by atoms with Crippen molar-refractivity contribution in [3.05, 3.63) is 48.5 Å². The molecule has 2 aromatic rings. The molecule has 1 fully saturated rings. The van der Waals surface area contributed by atoms with E-state index in [1.54, 1.807) is 7.11 Å². The number of methoxy groups -OCH3 is 1. The van der Waals surface area contributed by atoms with Crippen LogP contribution in [-0.2, 0) is 4.79 Å². The van der Waals surface area contributed by atoms with Crippen molar-refractivity contribution in [3.63, 3.8) is 0 Å². The van der Waals surface area contributed by atoms with Crippen LogP contribution in [0.4, 0.5) is 11.4 Å². The van der Waals surface area contributed by atoms with E-state index in [0.29, 0.717) is 5.75 Å². The van der Waals surface area contributed by atoms with E-state index in [1.165, 1.54) is 36.7 Å². The molecule has 0 aromatic heterocycles. The van der Waals surface area contributed by atoms with E-state index in [9.17, 15) is 4.79 Å². The molecule has 2 aromatic carbocycles. The van der Waals surface area contributed by atoms with Crippen LogP contribution >= 0.6 is 11.8 Å². The van der Waals surface area contributed by atoms with Crippen LogP contribution in [0.5, 0.6) is 5.75 Å². The SMILES string of the molecule is COc1ccc(SCC(=O)Nc2ccc(N3CCCCC3)cc2)cc1. The molecule has 4 nitrogen and oxygen atoms in total. The minimum Gasteiger partial charge on any atom is -0.497 e. The lowest BCUT2D eigenvalue weighted by atomic mass is 10.1. The van der Waals surface area contributed by atoms with E-state index in [1.807, 2.05) is 36.4 Å². The molecule has 0 bridgehead atoms. The Kier molecular flexibility index (Phi) is 6.23. The first kappa shape index (κ1) is 17.7. The van der Waals surface area contributed by atoms with Gasteiger partial charge in [0.1, 0.15) is 5.75 Å². The average Bonchev–Trinajstić information content (AvgIpc) is 2.68. The molecule has 0 aliphatic carbocycles. The molecule has 5 heteroatoms. The number of ether oxygens (including phenoxy) is 1. The van der Waals surface area contributed by atoms with Gasteiger partial charge in [0.15, 0.2) is 0 Å². The highest BCUT2D eigenvalue weighted by molar-refractivity contribution is 8.00. The zero-order valence-electron chi connectivity index (χ0n) is 14.5. The summed E-state index contributed by atoms with van der Waals surface area (Å²) in [7, 11) is 1.64. The number of carbonyl (C=O) groups excluding carboxylic acids is 1. The first-order chi connectivity index (χ1) is 12.2. The van der Waals surface area contributed by atoms with Gasteiger partial charge in [-0.05, 0) is 67.8 Å². The van der Waals surface area contributed by atoms with E-state index in [-0.39, 0.29) is 5.91 Å². The van der Waals surface area contributed by atoms with Crippen molar-refractivity contribution in [3.8, 4) is 5.75 Å². The maximum absolute atomic E-state index is 12.1. The monoisotopic (exact) mass is 356 g/mol. The summed E-state index contributed by atoms with van der Waals surface area (Å²) in [6.45, 7) is 2.26. The van der Waals surface area contributed by atoms with Crippen molar-refractivity contribution >= 4 is 29.0 Å². The van der Waals surface area contributed by atoms with Gasteiger partial charge in [-0.25, -0.2) is 0 Å². The van der Waals surface area contributed by atoms with Crippen LogP contribution in [0.15, 0.2) is 53.4 Å². The molecule has 1 N–H and O–H groups in total. The first-order valence-corrected chi connectivity index (χ1v) is 9.65. The number of rotatable bonds is 6. The van der Waals surface area contributed by atoms with Crippen LogP contribution in [0.1, 0.15) is 19.3 Å². The Balaban J connectivity index is 1.48. The van der Waals surface area contributed by atoms with Gasteiger partial charge in [-0.15, -0.1) is 11.8 Å². The van der Waals surface area contributed by atoms with Crippen LogP contribution in [0.3, 0.4) is 0 Å². The maximum Gasteiger partial charge on any atom is 0.234 e. The van der Waals surface area contributed by atoms with Crippen LogP contribution < -0.4 is 15.0 Å². The number of thioether (sulfide) groups is 1. The summed E-state index contributed by atoms with van der Waals surface area (Å²) < 4.78 is 5.14. The molecule has 132 valence electrons. The molecular weight excluding hydrogens is 332 g/mol. The third kappa shape index (κ3) is 5.16. The van der Waals surface area contributed by atoms with Crippen LogP contribution in [0.25, 0.3) is 0 Å². The molecule has 0 unspecified atom stereocenters. The topological polar surface area (TPSA) is 41.6 Å². The predicted molar refractivity (Wildman–Crippen MR) is 105 cm³/mol. The van der Waals surface area contributed by atoms with E-state index in [0.717, 1.165) is 29.4 Å². The number of piperidine rings is 1. The Morgan fingerprint density at radius 3 is 2.36 bits per heavy atom. The lowest BCUT2D eigenvalue weighted by molar-refractivity contribution is -0.113. The third-order valence-electron chi connectivity index (χ3n) is 4.30. The number of nitrogens with zero attached hydrogens (tertiary/aromatic N) is 1. The van der Waals surface area contributed by atoms with E-state index >= 15 is 0 Å². The van der Waals surface area contributed by atoms with Crippen molar-refractivity contribution in [2.45, 2.75) is 24.2 Å². The summed E-state index contributed by atoms with van der Waals surface area (Å²) in [5.41, 5.74) is 2.09. The number of carbonyl (C=O) groups is 1. The van der Waals surface area contributed by atoms with Crippen LogP contribution in [-0.4, -0.2) is 31.9 Å². The lowest BCUT2D eigenvalue weighted by Crippen LogP contribution is -2.29. The number of hydrogen-bond donors (Lipinski definition) is 1. The highest BCUT2D eigenvalue weighted by Gasteiger charge is 2.11. The number of hydrogen-bond acceptors (Lipinski definition) is 4. The molecule has 1 saturated heterocycles. The Morgan fingerprint density at radius 1 is 1.04 bits per heavy atom. The minimum absolute atomic E-state index is 0.00606. The highest BCUT2D eigenvalue weighted by atomic mass is 32.2. The largest absolute Gasteiger partial charge is 0.497 e. The standard InChI is InChI=1S/C20H24N2O2S/c1-24-18-9-11-19(12-10-18)25-15-20(23)21-16-5-7-17(8-6-16)22-13-3-2-4-14-22/h5-12H,2-4,13-15H2,1H3,(H,21,23). The highest BCUT2D eigenvalue weighted by Crippen LogP contribution is 2.23. The molecular formula is C20H24N2O2S. The van der Waals surface area contributed by atoms with Gasteiger partial charge in [0.05, 0.1) is 12.9 Å². The molecule has 25 heavy (non-hydrogen) atoms. The van der Waals surface area contributed by atoms with Gasteiger partial charge in [-0.3, -0.25) is 4.79 Å². The van der Waals surface area contributed by atoms with E-state index in [2.05, 4.69) is 22.3 Å². The molecule has 1 amide bonds. The quantitative estimate of drug-likeness (QED) is 0.778. The summed E-state index contributed by atoms with van der Waals surface area (Å²) in [5.74, 6) is 1.22. The van der Waals surface area contributed by atoms with Gasteiger partial charge in [-0.1, -0.05) is 0 Å². The molecule has 3 rings (SSSR count). The van der Waals surface area contributed by atoms with Crippen molar-refractivity contribution in [1.82, 2.24) is 0 Å². The maximum atomic E-state index is 12.1. The van der Waals surface area contributed by atoms with Crippen molar-refractivity contribution < 1.29 is 9.53 Å². The fourth-order valence-corrected chi connectivity index (χ4v) is 3.62. The smallest absolute Gasteiger partial charge is 0.234 e. The summed E-state index contributed by atoms with van der Waals surface area (Å²) in [4.78, 5) is 15.6. The Bertz CT molecular complexity index is 680. The summed E-state index contributed by atoms with van der Waals surface area (Å²) in [6.07, 6.45) is 3.86. The Labute approximate surface area is 153 Å². The lowest BCUT2D eigenvalue weighted by Gasteiger charge is -2.28. The van der Waals surface area contributed by atoms with Crippen molar-refractivity contribution in [2.75, 3.05) is 36.2 Å². The van der Waals surface area contributed by atoms with Crippen molar-refractivity contribution in [2.24, 2.45) is 0 Å². The third-order valence-corrected chi connectivity index (χ3v) is 5.31. The number of nitrogens with one attached hydrogen (secondary N) is 1. The number of amides is 1. The van der Waals surface area contributed by atoms with E-state index < -0.39 is 0 Å². The number of anilines is 2. The van der Waals surface area contributed by atoms with Gasteiger partial charge in [0, 0.05) is 29.4 Å². The summed E-state index contributed by atoms with van der Waals surface area (Å²) >= 11 is 1.52. The first-order valence-electron chi connectivity index (χ1n) is 8.66. The second-order valence-electron chi connectivity index (χ2n) is 6.11. The zero-order chi connectivity index (χ0) is 17.5. The Morgan fingerprint density at radius 2 is 1.72 bits per heavy atom. The molecule has 0 atom stereocenters. The molecule has 1 aliphatic rings. The second-order valence-corrected chi connectivity index (χ2v) is 7.16. The zero-order valence-corrected chi connectivity index (χ0v) is 15.3. The summed E-state index contributed by atoms with van der Waals surface area (Å²) in [6, 6.07) is 15.9. The Hall–Kier alpha value is -2.14. The molecule has 0 saturated carbocycles. The predicted octanol–water partition coefficient (Wildman–Crippen LogP) is 4.42. The number of benzene rings is 2. The molecule has 0 radical (unpaired) electrons. The minimum atomic E-state index is 0.00606. The van der Waals surface area contributed by atoms with Crippen LogP contribution in [0.2, 0.25) is 0 Å². The molecule has 1 aliphatic heterocycles. The average molecular weight is 356 g/mol. The van der Waals surface area contributed by atoms with Gasteiger partial charge in [-0.2, -0.15) is 0 Å². The second kappa shape index (κ2) is 8.81. The normalized spacial score (nSPS) is 14.2. The fraction of sp³-hybridized carbons (Fsp3) is 0.350. The van der Waals surface area contributed by atoms with E-state index in [4.69, 9.17) is 4.74 Å². The van der Waals surface area contributed by atoms with Gasteiger partial charge >= 0.3 is 0 Å². The van der Waals surface area contributed by atoms with Gasteiger partial charge in [0.2, 0.25) is 5.91 Å². The molecule has 1 heterocycles. The fourth-order valence-electron chi connectivity index (χ4n) is 2.93. The van der Waals surface area contributed by atoms with Crippen LogP contribution in [0, 0.1) is 0 Å². The van der Waals surface area contributed by atoms with Gasteiger partial charge < -0.3 is 15.0 Å². The molecule has 0 spiro atoms. The van der Waals surface area contributed by atoms with Crippen molar-refractivity contribution in [1.29, 1.82) is 0 Å². The summed E-state index contributed by atoms with van der Waals surface area (Å²) in [5, 5.41) is 2.96.